The predicted octanol–water partition coefficient (Wildman–Crippen LogP) is 4.79. The van der Waals surface area contributed by atoms with Gasteiger partial charge in [0, 0.05) is 19.2 Å². The number of aromatic nitrogens is 2. The van der Waals surface area contributed by atoms with Gasteiger partial charge in [-0.1, -0.05) is 79.9 Å². The zero-order valence-electron chi connectivity index (χ0n) is 16.7. The maximum atomic E-state index is 13.1. The normalized spacial score (nSPS) is 10.9. The number of carboxylic acids is 1. The Labute approximate surface area is 171 Å². The van der Waals surface area contributed by atoms with Crippen LogP contribution in [0.2, 0.25) is 0 Å². The number of aliphatic carboxylic acids is 1. The van der Waals surface area contributed by atoms with E-state index in [9.17, 15) is 9.59 Å². The summed E-state index contributed by atoms with van der Waals surface area (Å²) in [7, 11) is 0. The fraction of sp³-hybridized carbons (Fsp3) is 0.333. The first-order valence-corrected chi connectivity index (χ1v) is 10.3. The van der Waals surface area contributed by atoms with Crippen molar-refractivity contribution in [3.05, 3.63) is 82.9 Å². The third-order valence-corrected chi connectivity index (χ3v) is 5.09. The SMILES string of the molecule is O=C(O)CCCCCCCn1cc(-c2ccccc2)n(Cc2ccccc2)c1=O. The van der Waals surface area contributed by atoms with E-state index in [0.717, 1.165) is 48.9 Å². The Hall–Kier alpha value is -3.08. The molecule has 0 atom stereocenters. The van der Waals surface area contributed by atoms with Crippen LogP contribution in [0.15, 0.2) is 71.7 Å². The maximum Gasteiger partial charge on any atom is 0.328 e. The van der Waals surface area contributed by atoms with Gasteiger partial charge in [0.1, 0.15) is 0 Å². The summed E-state index contributed by atoms with van der Waals surface area (Å²) < 4.78 is 3.65. The van der Waals surface area contributed by atoms with E-state index in [1.54, 1.807) is 0 Å². The molecule has 0 spiro atoms. The molecule has 1 aromatic heterocycles. The summed E-state index contributed by atoms with van der Waals surface area (Å²) >= 11 is 0. The number of imidazole rings is 1. The minimum atomic E-state index is -0.732. The summed E-state index contributed by atoms with van der Waals surface area (Å²) in [5.41, 5.74) is 3.08. The van der Waals surface area contributed by atoms with Crippen LogP contribution in [0.4, 0.5) is 0 Å². The van der Waals surface area contributed by atoms with Gasteiger partial charge in [-0.15, -0.1) is 0 Å². The van der Waals surface area contributed by atoms with Crippen molar-refractivity contribution in [2.75, 3.05) is 0 Å². The topological polar surface area (TPSA) is 64.2 Å². The minimum absolute atomic E-state index is 0.0126. The molecular formula is C24H28N2O3. The molecule has 0 aliphatic rings. The quantitative estimate of drug-likeness (QED) is 0.477. The number of carboxylic acid groups (broad SMARTS) is 1. The first-order valence-electron chi connectivity index (χ1n) is 10.3. The third-order valence-electron chi connectivity index (χ3n) is 5.09. The molecule has 152 valence electrons. The Balaban J connectivity index is 1.70. The van der Waals surface area contributed by atoms with Crippen LogP contribution in [-0.2, 0) is 17.9 Å². The van der Waals surface area contributed by atoms with Crippen LogP contribution < -0.4 is 5.69 Å². The molecule has 29 heavy (non-hydrogen) atoms. The predicted molar refractivity (Wildman–Crippen MR) is 115 cm³/mol. The average Bonchev–Trinajstić information content (AvgIpc) is 3.04. The molecule has 0 amide bonds. The summed E-state index contributed by atoms with van der Waals surface area (Å²) in [4.78, 5) is 23.6. The van der Waals surface area contributed by atoms with Crippen LogP contribution in [-0.4, -0.2) is 20.2 Å². The number of rotatable bonds is 11. The highest BCUT2D eigenvalue weighted by Gasteiger charge is 2.13. The van der Waals surface area contributed by atoms with Crippen LogP contribution in [0, 0.1) is 0 Å². The molecule has 0 aliphatic heterocycles. The molecule has 0 saturated carbocycles. The molecule has 1 N–H and O–H groups in total. The fourth-order valence-electron chi connectivity index (χ4n) is 3.54. The van der Waals surface area contributed by atoms with Crippen LogP contribution in [0.5, 0.6) is 0 Å². The maximum absolute atomic E-state index is 13.1. The first kappa shape index (κ1) is 20.6. The van der Waals surface area contributed by atoms with Gasteiger partial charge in [-0.05, 0) is 24.0 Å². The zero-order chi connectivity index (χ0) is 20.5. The van der Waals surface area contributed by atoms with E-state index in [0.29, 0.717) is 13.1 Å². The number of unbranched alkanes of at least 4 members (excludes halogenated alkanes) is 4. The minimum Gasteiger partial charge on any atom is -0.481 e. The highest BCUT2D eigenvalue weighted by molar-refractivity contribution is 5.66. The van der Waals surface area contributed by atoms with Crippen molar-refractivity contribution < 1.29 is 9.90 Å². The van der Waals surface area contributed by atoms with E-state index in [4.69, 9.17) is 5.11 Å². The molecule has 0 saturated heterocycles. The van der Waals surface area contributed by atoms with Gasteiger partial charge in [-0.3, -0.25) is 13.9 Å². The summed E-state index contributed by atoms with van der Waals surface area (Å²) in [5.74, 6) is -0.732. The molecule has 0 unspecified atom stereocenters. The van der Waals surface area contributed by atoms with Gasteiger partial charge in [0.05, 0.1) is 12.2 Å². The number of carbonyl (C=O) groups is 1. The number of hydrogen-bond donors (Lipinski definition) is 1. The van der Waals surface area contributed by atoms with Crippen molar-refractivity contribution >= 4 is 5.97 Å². The second-order valence-electron chi connectivity index (χ2n) is 7.34. The number of benzene rings is 2. The van der Waals surface area contributed by atoms with E-state index in [1.165, 1.54) is 0 Å². The lowest BCUT2D eigenvalue weighted by Gasteiger charge is -2.07. The molecular weight excluding hydrogens is 364 g/mol. The molecule has 3 rings (SSSR count). The standard InChI is InChI=1S/C24H28N2O3/c27-23(28)16-10-2-1-3-11-17-25-19-22(21-14-8-5-9-15-21)26(24(25)29)18-20-12-6-4-7-13-20/h4-9,12-15,19H,1-3,10-11,16-18H2,(H,27,28). The second-order valence-corrected chi connectivity index (χ2v) is 7.34. The van der Waals surface area contributed by atoms with Gasteiger partial charge in [0.15, 0.2) is 0 Å². The van der Waals surface area contributed by atoms with Crippen LogP contribution in [0.3, 0.4) is 0 Å². The molecule has 1 heterocycles. The van der Waals surface area contributed by atoms with Crippen molar-refractivity contribution in [1.29, 1.82) is 0 Å². The second kappa shape index (κ2) is 10.5. The molecule has 0 bridgehead atoms. The number of nitrogens with zero attached hydrogens (tertiary/aromatic N) is 2. The van der Waals surface area contributed by atoms with E-state index in [2.05, 4.69) is 0 Å². The smallest absolute Gasteiger partial charge is 0.328 e. The summed E-state index contributed by atoms with van der Waals surface area (Å²) in [5, 5.41) is 8.68. The first-order chi connectivity index (χ1) is 14.1. The Morgan fingerprint density at radius 1 is 0.828 bits per heavy atom. The van der Waals surface area contributed by atoms with Gasteiger partial charge in [-0.25, -0.2) is 4.79 Å². The summed E-state index contributed by atoms with van der Waals surface area (Å²) in [6.07, 6.45) is 6.76. The van der Waals surface area contributed by atoms with Crippen molar-refractivity contribution in [2.24, 2.45) is 0 Å². The molecule has 0 fully saturated rings. The van der Waals surface area contributed by atoms with Gasteiger partial charge in [0.2, 0.25) is 0 Å². The highest BCUT2D eigenvalue weighted by Crippen LogP contribution is 2.19. The zero-order valence-corrected chi connectivity index (χ0v) is 16.7. The van der Waals surface area contributed by atoms with E-state index >= 15 is 0 Å². The Bertz CT molecular complexity index is 959. The molecule has 3 aromatic rings. The van der Waals surface area contributed by atoms with Crippen LogP contribution in [0.1, 0.15) is 44.1 Å². The largest absolute Gasteiger partial charge is 0.481 e. The highest BCUT2D eigenvalue weighted by atomic mass is 16.4. The lowest BCUT2D eigenvalue weighted by atomic mass is 10.1. The summed E-state index contributed by atoms with van der Waals surface area (Å²) in [6, 6.07) is 20.0. The van der Waals surface area contributed by atoms with Crippen molar-refractivity contribution in [3.63, 3.8) is 0 Å². The molecule has 5 heteroatoms. The van der Waals surface area contributed by atoms with Gasteiger partial charge < -0.3 is 5.11 Å². The Kier molecular flexibility index (Phi) is 7.45. The molecule has 0 aliphatic carbocycles. The monoisotopic (exact) mass is 392 g/mol. The Morgan fingerprint density at radius 2 is 1.45 bits per heavy atom. The van der Waals surface area contributed by atoms with Crippen LogP contribution in [0.25, 0.3) is 11.3 Å². The molecule has 5 nitrogen and oxygen atoms in total. The number of hydrogen-bond acceptors (Lipinski definition) is 2. The summed E-state index contributed by atoms with van der Waals surface area (Å²) in [6.45, 7) is 1.23. The Morgan fingerprint density at radius 3 is 2.14 bits per heavy atom. The molecule has 2 aromatic carbocycles. The van der Waals surface area contributed by atoms with Gasteiger partial charge >= 0.3 is 11.7 Å². The van der Waals surface area contributed by atoms with Crippen molar-refractivity contribution in [2.45, 2.75) is 51.6 Å². The number of aryl methyl sites for hydroxylation is 1. The fourth-order valence-corrected chi connectivity index (χ4v) is 3.54. The average molecular weight is 392 g/mol. The third kappa shape index (κ3) is 5.95. The van der Waals surface area contributed by atoms with Crippen LogP contribution >= 0.6 is 0 Å². The van der Waals surface area contributed by atoms with Gasteiger partial charge in [-0.2, -0.15) is 0 Å². The van der Waals surface area contributed by atoms with E-state index in [1.807, 2.05) is 76.0 Å². The van der Waals surface area contributed by atoms with Crippen molar-refractivity contribution in [1.82, 2.24) is 9.13 Å². The molecule has 0 radical (unpaired) electrons. The lowest BCUT2D eigenvalue weighted by Crippen LogP contribution is -2.25. The van der Waals surface area contributed by atoms with E-state index < -0.39 is 5.97 Å². The van der Waals surface area contributed by atoms with Crippen molar-refractivity contribution in [3.8, 4) is 11.3 Å². The van der Waals surface area contributed by atoms with Gasteiger partial charge in [0.25, 0.3) is 0 Å². The van der Waals surface area contributed by atoms with E-state index in [-0.39, 0.29) is 12.1 Å². The lowest BCUT2D eigenvalue weighted by molar-refractivity contribution is -0.137.